The predicted molar refractivity (Wildman–Crippen MR) is 112 cm³/mol. The van der Waals surface area contributed by atoms with E-state index in [9.17, 15) is 5.11 Å². The number of thioether (sulfide) groups is 1. The summed E-state index contributed by atoms with van der Waals surface area (Å²) in [5.41, 5.74) is 1.10. The predicted octanol–water partition coefficient (Wildman–Crippen LogP) is 1.51. The summed E-state index contributed by atoms with van der Waals surface area (Å²) in [6, 6.07) is 5.88. The molecule has 1 fully saturated rings. The zero-order valence-electron chi connectivity index (χ0n) is 16.6. The van der Waals surface area contributed by atoms with Crippen LogP contribution in [-0.4, -0.2) is 70.5 Å². The molecule has 2 N–H and O–H groups in total. The molecule has 7 nitrogen and oxygen atoms in total. The summed E-state index contributed by atoms with van der Waals surface area (Å²) in [5, 5.41) is 13.7. The van der Waals surface area contributed by atoms with Crippen LogP contribution in [0.25, 0.3) is 0 Å². The Morgan fingerprint density at radius 2 is 2.07 bits per heavy atom. The van der Waals surface area contributed by atoms with Gasteiger partial charge in [0.25, 0.3) is 0 Å². The lowest BCUT2D eigenvalue weighted by Gasteiger charge is -2.28. The lowest BCUT2D eigenvalue weighted by Crippen LogP contribution is -2.40. The summed E-state index contributed by atoms with van der Waals surface area (Å²) < 4.78 is 13.3. The fourth-order valence-corrected chi connectivity index (χ4v) is 4.13. The third-order valence-corrected chi connectivity index (χ3v) is 5.71. The molecule has 0 bridgehead atoms. The van der Waals surface area contributed by atoms with Gasteiger partial charge in [0.2, 0.25) is 0 Å². The maximum atomic E-state index is 10.3. The normalized spacial score (nSPS) is 16.1. The summed E-state index contributed by atoms with van der Waals surface area (Å²) >= 11 is 1.97. The minimum absolute atomic E-state index is 0.261. The number of imidazole rings is 1. The van der Waals surface area contributed by atoms with Crippen LogP contribution in [0.2, 0.25) is 0 Å². The lowest BCUT2D eigenvalue weighted by atomic mass is 10.2. The topological polar surface area (TPSA) is 71.8 Å². The highest BCUT2D eigenvalue weighted by Gasteiger charge is 2.16. The van der Waals surface area contributed by atoms with Gasteiger partial charge in [0.05, 0.1) is 13.7 Å². The summed E-state index contributed by atoms with van der Waals surface area (Å²) in [7, 11) is 3.62. The van der Waals surface area contributed by atoms with Crippen LogP contribution in [0.1, 0.15) is 11.4 Å². The maximum Gasteiger partial charge on any atom is 0.161 e. The van der Waals surface area contributed by atoms with E-state index >= 15 is 0 Å². The van der Waals surface area contributed by atoms with Crippen molar-refractivity contribution in [2.45, 2.75) is 19.2 Å². The number of β-amino-alcohol motifs (C(OH)–C–C–N with tert-alkyl or cyclic N) is 1. The highest BCUT2D eigenvalue weighted by Crippen LogP contribution is 2.28. The summed E-state index contributed by atoms with van der Waals surface area (Å²) in [6.45, 7) is 4.38. The van der Waals surface area contributed by atoms with Crippen LogP contribution < -0.4 is 14.8 Å². The van der Waals surface area contributed by atoms with Crippen molar-refractivity contribution in [3.8, 4) is 11.5 Å². The molecule has 0 aliphatic carbocycles. The van der Waals surface area contributed by atoms with E-state index < -0.39 is 6.10 Å². The van der Waals surface area contributed by atoms with Gasteiger partial charge in [-0.15, -0.1) is 0 Å². The van der Waals surface area contributed by atoms with Crippen LogP contribution in [0.15, 0.2) is 30.6 Å². The summed E-state index contributed by atoms with van der Waals surface area (Å²) in [6.07, 6.45) is 3.22. The second-order valence-corrected chi connectivity index (χ2v) is 8.15. The van der Waals surface area contributed by atoms with E-state index in [4.69, 9.17) is 9.47 Å². The molecule has 0 saturated carbocycles. The number of nitrogens with one attached hydrogen (secondary N) is 1. The van der Waals surface area contributed by atoms with E-state index in [0.29, 0.717) is 31.1 Å². The van der Waals surface area contributed by atoms with Gasteiger partial charge in [-0.05, 0) is 17.7 Å². The molecule has 1 saturated heterocycles. The lowest BCUT2D eigenvalue weighted by molar-refractivity contribution is 0.0705. The van der Waals surface area contributed by atoms with Crippen LogP contribution in [0, 0.1) is 0 Å². The van der Waals surface area contributed by atoms with E-state index in [1.165, 1.54) is 0 Å². The standard InChI is InChI=1S/C20H30N4O3S/c1-23-6-5-22-20(23)13-21-12-16-3-4-18(19(11-16)26-2)27-15-17(25)14-24-7-9-28-10-8-24/h3-6,11,17,21,25H,7-10,12-15H2,1-2H3. The van der Waals surface area contributed by atoms with Gasteiger partial charge in [0.15, 0.2) is 11.5 Å². The van der Waals surface area contributed by atoms with Crippen LogP contribution in [-0.2, 0) is 20.1 Å². The third-order valence-electron chi connectivity index (χ3n) is 4.77. The van der Waals surface area contributed by atoms with Crippen LogP contribution in [0.3, 0.4) is 0 Å². The van der Waals surface area contributed by atoms with Gasteiger partial charge in [-0.3, -0.25) is 4.90 Å². The van der Waals surface area contributed by atoms with Gasteiger partial charge < -0.3 is 24.5 Å². The Bertz CT molecular complexity index is 734. The number of rotatable bonds is 10. The number of hydrogen-bond donors (Lipinski definition) is 2. The van der Waals surface area contributed by atoms with Crippen molar-refractivity contribution in [3.05, 3.63) is 42.0 Å². The number of aromatic nitrogens is 2. The van der Waals surface area contributed by atoms with E-state index in [-0.39, 0.29) is 6.61 Å². The van der Waals surface area contributed by atoms with Gasteiger partial charge >= 0.3 is 0 Å². The van der Waals surface area contributed by atoms with Crippen molar-refractivity contribution in [1.29, 1.82) is 0 Å². The van der Waals surface area contributed by atoms with Crippen molar-refractivity contribution < 1.29 is 14.6 Å². The van der Waals surface area contributed by atoms with Crippen LogP contribution >= 0.6 is 11.8 Å². The first-order chi connectivity index (χ1) is 13.7. The molecule has 1 atom stereocenters. The number of ether oxygens (including phenoxy) is 2. The molecule has 1 aliphatic heterocycles. The Kier molecular flexibility index (Phi) is 8.02. The van der Waals surface area contributed by atoms with E-state index in [0.717, 1.165) is 36.0 Å². The second-order valence-electron chi connectivity index (χ2n) is 6.92. The quantitative estimate of drug-likeness (QED) is 0.620. The number of methoxy groups -OCH3 is 1. The Balaban J connectivity index is 1.47. The first-order valence-electron chi connectivity index (χ1n) is 9.60. The van der Waals surface area contributed by atoms with Crippen LogP contribution in [0.4, 0.5) is 0 Å². The van der Waals surface area contributed by atoms with Crippen LogP contribution in [0.5, 0.6) is 11.5 Å². The molecular weight excluding hydrogens is 376 g/mol. The van der Waals surface area contributed by atoms with E-state index in [1.54, 1.807) is 13.3 Å². The molecule has 1 aromatic heterocycles. The van der Waals surface area contributed by atoms with Crippen molar-refractivity contribution in [1.82, 2.24) is 19.8 Å². The number of aliphatic hydroxyl groups excluding tert-OH is 1. The third kappa shape index (κ3) is 6.13. The molecule has 3 rings (SSSR count). The highest BCUT2D eigenvalue weighted by atomic mass is 32.2. The summed E-state index contributed by atoms with van der Waals surface area (Å²) in [5.74, 6) is 4.60. The van der Waals surface area contributed by atoms with Gasteiger partial charge in [-0.2, -0.15) is 11.8 Å². The maximum absolute atomic E-state index is 10.3. The zero-order chi connectivity index (χ0) is 19.8. The largest absolute Gasteiger partial charge is 0.493 e. The molecule has 2 aromatic rings. The second kappa shape index (κ2) is 10.7. The molecule has 0 radical (unpaired) electrons. The smallest absolute Gasteiger partial charge is 0.161 e. The number of hydrogen-bond acceptors (Lipinski definition) is 7. The van der Waals surface area contributed by atoms with E-state index in [2.05, 4.69) is 15.2 Å². The van der Waals surface area contributed by atoms with Gasteiger partial charge in [-0.1, -0.05) is 6.07 Å². The number of nitrogens with zero attached hydrogens (tertiary/aromatic N) is 3. The van der Waals surface area contributed by atoms with Gasteiger partial charge in [0.1, 0.15) is 18.5 Å². The fourth-order valence-electron chi connectivity index (χ4n) is 3.15. The average Bonchev–Trinajstić information content (AvgIpc) is 3.12. The molecule has 1 aliphatic rings. The monoisotopic (exact) mass is 406 g/mol. The molecule has 0 amide bonds. The zero-order valence-corrected chi connectivity index (χ0v) is 17.5. The molecule has 1 aromatic carbocycles. The molecule has 1 unspecified atom stereocenters. The molecule has 2 heterocycles. The van der Waals surface area contributed by atoms with Crippen molar-refractivity contribution >= 4 is 11.8 Å². The number of benzene rings is 1. The summed E-state index contributed by atoms with van der Waals surface area (Å²) in [4.78, 5) is 6.59. The fraction of sp³-hybridized carbons (Fsp3) is 0.550. The highest BCUT2D eigenvalue weighted by molar-refractivity contribution is 7.99. The van der Waals surface area contributed by atoms with Crippen molar-refractivity contribution in [2.24, 2.45) is 7.05 Å². The van der Waals surface area contributed by atoms with Gasteiger partial charge in [-0.25, -0.2) is 4.98 Å². The molecule has 0 spiro atoms. The minimum Gasteiger partial charge on any atom is -0.493 e. The van der Waals surface area contributed by atoms with Gasteiger partial charge in [0, 0.05) is 57.1 Å². The first kappa shape index (κ1) is 21.0. The Morgan fingerprint density at radius 1 is 1.25 bits per heavy atom. The number of aliphatic hydroxyl groups is 1. The Hall–Kier alpha value is -1.74. The van der Waals surface area contributed by atoms with Crippen molar-refractivity contribution in [3.63, 3.8) is 0 Å². The first-order valence-corrected chi connectivity index (χ1v) is 10.8. The number of aryl methyl sites for hydroxylation is 1. The Labute approximate surface area is 171 Å². The molecule has 28 heavy (non-hydrogen) atoms. The SMILES string of the molecule is COc1cc(CNCc2nccn2C)ccc1OCC(O)CN1CCSCC1. The average molecular weight is 407 g/mol. The Morgan fingerprint density at radius 3 is 2.79 bits per heavy atom. The van der Waals surface area contributed by atoms with E-state index in [1.807, 2.05) is 47.8 Å². The molecular formula is C20H30N4O3S. The molecule has 154 valence electrons. The molecule has 8 heteroatoms. The minimum atomic E-state index is -0.507. The van der Waals surface area contributed by atoms with Crippen molar-refractivity contribution in [2.75, 3.05) is 44.9 Å².